The molecule has 0 radical (unpaired) electrons. The summed E-state index contributed by atoms with van der Waals surface area (Å²) in [7, 11) is -1.55. The lowest BCUT2D eigenvalue weighted by molar-refractivity contribution is 0.222. The van der Waals surface area contributed by atoms with Crippen LogP contribution in [0.1, 0.15) is 0 Å². The zero-order valence-electron chi connectivity index (χ0n) is 12.4. The summed E-state index contributed by atoms with van der Waals surface area (Å²) >= 11 is 12.1. The van der Waals surface area contributed by atoms with Crippen molar-refractivity contribution in [3.63, 3.8) is 0 Å². The maximum absolute atomic E-state index is 12.7. The Labute approximate surface area is 151 Å². The van der Waals surface area contributed by atoms with Gasteiger partial charge in [-0.15, -0.1) is 12.4 Å². The molecule has 23 heavy (non-hydrogen) atoms. The van der Waals surface area contributed by atoms with Crippen molar-refractivity contribution in [2.75, 3.05) is 33.2 Å². The fourth-order valence-electron chi connectivity index (χ4n) is 2.49. The van der Waals surface area contributed by atoms with Crippen molar-refractivity contribution >= 4 is 56.4 Å². The number of rotatable bonds is 2. The van der Waals surface area contributed by atoms with Crippen LogP contribution >= 0.6 is 35.6 Å². The van der Waals surface area contributed by atoms with Gasteiger partial charge >= 0.3 is 0 Å². The largest absolute Gasteiger partial charge is 0.304 e. The van der Waals surface area contributed by atoms with Crippen LogP contribution in [0.25, 0.3) is 10.8 Å². The highest BCUT2D eigenvalue weighted by molar-refractivity contribution is 7.89. The first-order valence-electron chi connectivity index (χ1n) is 6.82. The van der Waals surface area contributed by atoms with E-state index in [9.17, 15) is 8.42 Å². The minimum atomic E-state index is -3.53. The zero-order valence-corrected chi connectivity index (χ0v) is 15.5. The fourth-order valence-corrected chi connectivity index (χ4v) is 4.36. The lowest BCUT2D eigenvalue weighted by atomic mass is 10.2. The molecule has 0 atom stereocenters. The first kappa shape index (κ1) is 18.7. The lowest BCUT2D eigenvalue weighted by Crippen LogP contribution is -2.46. The van der Waals surface area contributed by atoms with Gasteiger partial charge in [0.15, 0.2) is 0 Å². The van der Waals surface area contributed by atoms with Crippen molar-refractivity contribution < 1.29 is 8.42 Å². The van der Waals surface area contributed by atoms with E-state index < -0.39 is 10.0 Å². The van der Waals surface area contributed by atoms with Gasteiger partial charge in [-0.25, -0.2) is 13.4 Å². The molecule has 126 valence electrons. The van der Waals surface area contributed by atoms with E-state index in [0.29, 0.717) is 28.9 Å². The Hall–Kier alpha value is -0.630. The SMILES string of the molecule is CN1CCN(S(=O)(=O)c2ccc3c(Cl)cnc(Cl)c3c2)CC1.Cl. The molecule has 1 aromatic carbocycles. The molecule has 0 spiro atoms. The van der Waals surface area contributed by atoms with Gasteiger partial charge in [0.05, 0.1) is 9.92 Å². The molecule has 1 aliphatic heterocycles. The molecule has 0 aliphatic carbocycles. The molecule has 1 saturated heterocycles. The Morgan fingerprint density at radius 3 is 2.39 bits per heavy atom. The molecule has 2 aromatic rings. The number of piperazine rings is 1. The van der Waals surface area contributed by atoms with Crippen LogP contribution in [0.15, 0.2) is 29.3 Å². The third-order valence-corrected chi connectivity index (χ3v) is 6.36. The van der Waals surface area contributed by atoms with Gasteiger partial charge < -0.3 is 4.90 Å². The highest BCUT2D eigenvalue weighted by Gasteiger charge is 2.27. The Morgan fingerprint density at radius 1 is 1.09 bits per heavy atom. The summed E-state index contributed by atoms with van der Waals surface area (Å²) in [5.74, 6) is 0. The second kappa shape index (κ2) is 7.09. The van der Waals surface area contributed by atoms with Gasteiger partial charge in [-0.2, -0.15) is 4.31 Å². The minimum absolute atomic E-state index is 0. The molecule has 1 aliphatic rings. The average Bonchev–Trinajstić information content (AvgIpc) is 2.51. The van der Waals surface area contributed by atoms with Crippen LogP contribution < -0.4 is 0 Å². The molecule has 0 unspecified atom stereocenters. The molecular weight excluding hydrogens is 381 g/mol. The quantitative estimate of drug-likeness (QED) is 0.733. The Bertz CT molecular complexity index is 821. The van der Waals surface area contributed by atoms with E-state index in [4.69, 9.17) is 23.2 Å². The number of aromatic nitrogens is 1. The van der Waals surface area contributed by atoms with Crippen molar-refractivity contribution in [1.82, 2.24) is 14.2 Å². The molecule has 1 fully saturated rings. The molecule has 9 heteroatoms. The Balaban J connectivity index is 0.00000192. The monoisotopic (exact) mass is 395 g/mol. The normalized spacial score (nSPS) is 17.2. The summed E-state index contributed by atoms with van der Waals surface area (Å²) in [5, 5.41) is 1.93. The first-order valence-corrected chi connectivity index (χ1v) is 9.01. The molecule has 0 bridgehead atoms. The highest BCUT2D eigenvalue weighted by Crippen LogP contribution is 2.30. The van der Waals surface area contributed by atoms with Crippen LogP contribution in [0.2, 0.25) is 10.2 Å². The summed E-state index contributed by atoms with van der Waals surface area (Å²) in [5.41, 5.74) is 0. The van der Waals surface area contributed by atoms with Crippen molar-refractivity contribution in [3.05, 3.63) is 34.6 Å². The maximum atomic E-state index is 12.7. The second-order valence-electron chi connectivity index (χ2n) is 5.31. The third kappa shape index (κ3) is 3.57. The molecule has 0 N–H and O–H groups in total. The molecule has 3 rings (SSSR count). The van der Waals surface area contributed by atoms with Gasteiger partial charge in [-0.3, -0.25) is 0 Å². The number of halogens is 3. The number of nitrogens with zero attached hydrogens (tertiary/aromatic N) is 3. The van der Waals surface area contributed by atoms with Gasteiger partial charge in [0.25, 0.3) is 0 Å². The van der Waals surface area contributed by atoms with Crippen LogP contribution in [-0.2, 0) is 10.0 Å². The van der Waals surface area contributed by atoms with Gasteiger partial charge in [-0.05, 0) is 19.2 Å². The van der Waals surface area contributed by atoms with Crippen LogP contribution in [0.3, 0.4) is 0 Å². The van der Waals surface area contributed by atoms with E-state index in [0.717, 1.165) is 13.1 Å². The minimum Gasteiger partial charge on any atom is -0.304 e. The van der Waals surface area contributed by atoms with Gasteiger partial charge in [0, 0.05) is 43.1 Å². The van der Waals surface area contributed by atoms with Gasteiger partial charge in [0.1, 0.15) is 5.15 Å². The first-order chi connectivity index (χ1) is 10.4. The molecule has 2 heterocycles. The molecular formula is C14H16Cl3N3O2S. The summed E-state index contributed by atoms with van der Waals surface area (Å²) < 4.78 is 27.0. The number of likely N-dealkylation sites (N-methyl/N-ethyl adjacent to an activating group) is 1. The zero-order chi connectivity index (χ0) is 15.9. The third-order valence-electron chi connectivity index (χ3n) is 3.86. The number of hydrogen-bond donors (Lipinski definition) is 0. The average molecular weight is 397 g/mol. The topological polar surface area (TPSA) is 53.5 Å². The van der Waals surface area contributed by atoms with Crippen LogP contribution in [0, 0.1) is 0 Å². The van der Waals surface area contributed by atoms with Gasteiger partial charge in [0.2, 0.25) is 10.0 Å². The molecule has 0 saturated carbocycles. The summed E-state index contributed by atoms with van der Waals surface area (Å²) in [4.78, 5) is 6.29. The molecule has 0 amide bonds. The maximum Gasteiger partial charge on any atom is 0.243 e. The predicted octanol–water partition coefficient (Wildman–Crippen LogP) is 2.90. The van der Waals surface area contributed by atoms with Crippen LogP contribution in [0.4, 0.5) is 0 Å². The number of hydrogen-bond acceptors (Lipinski definition) is 4. The number of benzene rings is 1. The van der Waals surface area contributed by atoms with E-state index >= 15 is 0 Å². The van der Waals surface area contributed by atoms with E-state index in [1.54, 1.807) is 18.2 Å². The number of fused-ring (bicyclic) bond motifs is 1. The fraction of sp³-hybridized carbons (Fsp3) is 0.357. The van der Waals surface area contributed by atoms with E-state index in [1.807, 2.05) is 7.05 Å². The van der Waals surface area contributed by atoms with Crippen molar-refractivity contribution in [2.45, 2.75) is 4.90 Å². The van der Waals surface area contributed by atoms with E-state index in [-0.39, 0.29) is 22.5 Å². The Kier molecular flexibility index (Phi) is 5.76. The summed E-state index contributed by atoms with van der Waals surface area (Å²) in [6.45, 7) is 2.42. The molecule has 5 nitrogen and oxygen atoms in total. The van der Waals surface area contributed by atoms with Crippen molar-refractivity contribution in [1.29, 1.82) is 0 Å². The summed E-state index contributed by atoms with van der Waals surface area (Å²) in [6, 6.07) is 4.79. The number of pyridine rings is 1. The van der Waals surface area contributed by atoms with E-state index in [2.05, 4.69) is 9.88 Å². The van der Waals surface area contributed by atoms with Gasteiger partial charge in [-0.1, -0.05) is 29.3 Å². The van der Waals surface area contributed by atoms with E-state index in [1.165, 1.54) is 10.5 Å². The number of sulfonamides is 1. The molecule has 1 aromatic heterocycles. The van der Waals surface area contributed by atoms with Crippen molar-refractivity contribution in [3.8, 4) is 0 Å². The van der Waals surface area contributed by atoms with Crippen molar-refractivity contribution in [2.24, 2.45) is 0 Å². The van der Waals surface area contributed by atoms with Crippen LogP contribution in [0.5, 0.6) is 0 Å². The van der Waals surface area contributed by atoms with Crippen LogP contribution in [-0.4, -0.2) is 55.8 Å². The Morgan fingerprint density at radius 2 is 1.74 bits per heavy atom. The highest BCUT2D eigenvalue weighted by atomic mass is 35.5. The predicted molar refractivity (Wildman–Crippen MR) is 95.3 cm³/mol. The lowest BCUT2D eigenvalue weighted by Gasteiger charge is -2.31. The summed E-state index contributed by atoms with van der Waals surface area (Å²) in [6.07, 6.45) is 1.46. The smallest absolute Gasteiger partial charge is 0.243 e. The standard InChI is InChI=1S/C14H15Cl2N3O2S.ClH/c1-18-4-6-19(7-5-18)22(20,21)10-2-3-11-12(8-10)14(16)17-9-13(11)15;/h2-3,8-9H,4-7H2,1H3;1H. The second-order valence-corrected chi connectivity index (χ2v) is 8.01.